The number of benzene rings is 2. The van der Waals surface area contributed by atoms with Crippen molar-refractivity contribution in [2.75, 3.05) is 5.75 Å². The summed E-state index contributed by atoms with van der Waals surface area (Å²) in [6.45, 7) is 2.75. The Morgan fingerprint density at radius 2 is 2.00 bits per heavy atom. The molecule has 1 aromatic heterocycles. The van der Waals surface area contributed by atoms with Gasteiger partial charge in [0.1, 0.15) is 12.4 Å². The SMILES string of the molecule is Cc1cc(OCc2nnc(SCC(N)=O)n2Cc2ccccc2)ccc1Cl. The van der Waals surface area contributed by atoms with Crippen LogP contribution in [0.2, 0.25) is 5.02 Å². The minimum Gasteiger partial charge on any atom is -0.486 e. The molecular formula is C19H19ClN4O2S. The van der Waals surface area contributed by atoms with Crippen molar-refractivity contribution in [2.45, 2.75) is 25.2 Å². The molecule has 0 fully saturated rings. The second kappa shape index (κ2) is 8.92. The van der Waals surface area contributed by atoms with Crippen LogP contribution >= 0.6 is 23.4 Å². The molecule has 0 aliphatic heterocycles. The lowest BCUT2D eigenvalue weighted by atomic mass is 10.2. The van der Waals surface area contributed by atoms with Gasteiger partial charge in [-0.05, 0) is 36.2 Å². The van der Waals surface area contributed by atoms with E-state index in [4.69, 9.17) is 22.1 Å². The zero-order valence-electron chi connectivity index (χ0n) is 14.8. The molecule has 3 rings (SSSR count). The molecular weight excluding hydrogens is 384 g/mol. The second-order valence-electron chi connectivity index (χ2n) is 5.93. The molecule has 27 heavy (non-hydrogen) atoms. The first-order valence-corrected chi connectivity index (χ1v) is 9.65. The minimum absolute atomic E-state index is 0.143. The van der Waals surface area contributed by atoms with E-state index in [0.29, 0.717) is 28.3 Å². The summed E-state index contributed by atoms with van der Waals surface area (Å²) in [5, 5.41) is 9.75. The molecule has 0 unspecified atom stereocenters. The van der Waals surface area contributed by atoms with Gasteiger partial charge in [0.2, 0.25) is 5.91 Å². The number of aryl methyl sites for hydroxylation is 1. The third-order valence-electron chi connectivity index (χ3n) is 3.82. The van der Waals surface area contributed by atoms with Gasteiger partial charge in [-0.2, -0.15) is 0 Å². The van der Waals surface area contributed by atoms with Gasteiger partial charge in [-0.3, -0.25) is 9.36 Å². The average Bonchev–Trinajstić information content (AvgIpc) is 3.03. The van der Waals surface area contributed by atoms with Crippen molar-refractivity contribution >= 4 is 29.3 Å². The fourth-order valence-electron chi connectivity index (χ4n) is 2.45. The van der Waals surface area contributed by atoms with Crippen molar-refractivity contribution in [3.63, 3.8) is 0 Å². The number of hydrogen-bond acceptors (Lipinski definition) is 5. The Balaban J connectivity index is 1.80. The Bertz CT molecular complexity index is 931. The fraction of sp³-hybridized carbons (Fsp3) is 0.211. The lowest BCUT2D eigenvalue weighted by Gasteiger charge is -2.11. The van der Waals surface area contributed by atoms with Crippen molar-refractivity contribution in [1.29, 1.82) is 0 Å². The van der Waals surface area contributed by atoms with E-state index in [2.05, 4.69) is 10.2 Å². The molecule has 1 heterocycles. The lowest BCUT2D eigenvalue weighted by molar-refractivity contribution is -0.115. The van der Waals surface area contributed by atoms with E-state index in [1.165, 1.54) is 11.8 Å². The molecule has 1 amide bonds. The van der Waals surface area contributed by atoms with Crippen LogP contribution in [-0.2, 0) is 17.9 Å². The first-order chi connectivity index (χ1) is 13.0. The number of thioether (sulfide) groups is 1. The molecule has 0 saturated carbocycles. The van der Waals surface area contributed by atoms with Gasteiger partial charge in [0.15, 0.2) is 11.0 Å². The zero-order chi connectivity index (χ0) is 19.2. The number of halogens is 1. The first kappa shape index (κ1) is 19.3. The monoisotopic (exact) mass is 402 g/mol. The molecule has 0 bridgehead atoms. The number of carbonyl (C=O) groups is 1. The molecule has 0 aliphatic rings. The van der Waals surface area contributed by atoms with Crippen molar-refractivity contribution in [3.05, 3.63) is 70.5 Å². The van der Waals surface area contributed by atoms with E-state index < -0.39 is 5.91 Å². The van der Waals surface area contributed by atoms with Crippen LogP contribution < -0.4 is 10.5 Å². The van der Waals surface area contributed by atoms with Crippen molar-refractivity contribution in [2.24, 2.45) is 5.73 Å². The molecule has 2 N–H and O–H groups in total. The van der Waals surface area contributed by atoms with E-state index in [1.54, 1.807) is 6.07 Å². The summed E-state index contributed by atoms with van der Waals surface area (Å²) in [4.78, 5) is 11.1. The summed E-state index contributed by atoms with van der Waals surface area (Å²) in [6.07, 6.45) is 0. The van der Waals surface area contributed by atoms with Crippen LogP contribution in [0.5, 0.6) is 5.75 Å². The highest BCUT2D eigenvalue weighted by Crippen LogP contribution is 2.23. The summed E-state index contributed by atoms with van der Waals surface area (Å²) in [5.41, 5.74) is 7.30. The third-order valence-corrected chi connectivity index (χ3v) is 5.23. The molecule has 0 atom stereocenters. The van der Waals surface area contributed by atoms with Gasteiger partial charge in [0.25, 0.3) is 0 Å². The Kier molecular flexibility index (Phi) is 6.36. The molecule has 0 saturated heterocycles. The normalized spacial score (nSPS) is 10.7. The number of ether oxygens (including phenoxy) is 1. The summed E-state index contributed by atoms with van der Waals surface area (Å²) in [5.74, 6) is 1.11. The first-order valence-electron chi connectivity index (χ1n) is 8.29. The number of aromatic nitrogens is 3. The highest BCUT2D eigenvalue weighted by Gasteiger charge is 2.15. The number of primary amides is 1. The Morgan fingerprint density at radius 1 is 1.22 bits per heavy atom. The molecule has 0 radical (unpaired) electrons. The number of amides is 1. The topological polar surface area (TPSA) is 83.0 Å². The van der Waals surface area contributed by atoms with Crippen molar-refractivity contribution in [3.8, 4) is 5.75 Å². The van der Waals surface area contributed by atoms with E-state index in [1.807, 2.05) is 54.0 Å². The molecule has 3 aromatic rings. The number of rotatable bonds is 8. The lowest BCUT2D eigenvalue weighted by Crippen LogP contribution is -2.14. The highest BCUT2D eigenvalue weighted by molar-refractivity contribution is 7.99. The number of carbonyl (C=O) groups excluding carboxylic acids is 1. The third kappa shape index (κ3) is 5.24. The highest BCUT2D eigenvalue weighted by atomic mass is 35.5. The molecule has 2 aromatic carbocycles. The van der Waals surface area contributed by atoms with Gasteiger partial charge < -0.3 is 10.5 Å². The Morgan fingerprint density at radius 3 is 2.70 bits per heavy atom. The predicted molar refractivity (Wildman–Crippen MR) is 106 cm³/mol. The van der Waals surface area contributed by atoms with Gasteiger partial charge in [0.05, 0.1) is 12.3 Å². The van der Waals surface area contributed by atoms with E-state index >= 15 is 0 Å². The van der Waals surface area contributed by atoms with Gasteiger partial charge in [-0.1, -0.05) is 53.7 Å². The van der Waals surface area contributed by atoms with Crippen LogP contribution in [0.4, 0.5) is 0 Å². The number of hydrogen-bond donors (Lipinski definition) is 1. The van der Waals surface area contributed by atoms with Crippen LogP contribution in [0.3, 0.4) is 0 Å². The standard InChI is InChI=1S/C19H19ClN4O2S/c1-13-9-15(7-8-16(13)20)26-11-18-22-23-19(27-12-17(21)25)24(18)10-14-5-3-2-4-6-14/h2-9H,10-12H2,1H3,(H2,21,25). The molecule has 6 nitrogen and oxygen atoms in total. The van der Waals surface area contributed by atoms with Crippen LogP contribution in [0.25, 0.3) is 0 Å². The molecule has 140 valence electrons. The van der Waals surface area contributed by atoms with Crippen molar-refractivity contribution in [1.82, 2.24) is 14.8 Å². The maximum Gasteiger partial charge on any atom is 0.227 e. The zero-order valence-corrected chi connectivity index (χ0v) is 16.3. The second-order valence-corrected chi connectivity index (χ2v) is 7.27. The molecule has 0 aliphatic carbocycles. The number of nitrogens with two attached hydrogens (primary N) is 1. The van der Waals surface area contributed by atoms with E-state index in [9.17, 15) is 4.79 Å². The van der Waals surface area contributed by atoms with Gasteiger partial charge >= 0.3 is 0 Å². The fourth-order valence-corrected chi connectivity index (χ4v) is 3.26. The van der Waals surface area contributed by atoms with E-state index in [-0.39, 0.29) is 12.4 Å². The summed E-state index contributed by atoms with van der Waals surface area (Å²) >= 11 is 7.32. The summed E-state index contributed by atoms with van der Waals surface area (Å²) < 4.78 is 7.80. The summed E-state index contributed by atoms with van der Waals surface area (Å²) in [6, 6.07) is 15.5. The van der Waals surface area contributed by atoms with Gasteiger partial charge in [0, 0.05) is 5.02 Å². The number of nitrogens with zero attached hydrogens (tertiary/aromatic N) is 3. The van der Waals surface area contributed by atoms with Gasteiger partial charge in [-0.25, -0.2) is 0 Å². The maximum atomic E-state index is 11.1. The molecule has 8 heteroatoms. The van der Waals surface area contributed by atoms with Gasteiger partial charge in [-0.15, -0.1) is 10.2 Å². The van der Waals surface area contributed by atoms with Crippen LogP contribution in [0.1, 0.15) is 17.0 Å². The molecule has 0 spiro atoms. The van der Waals surface area contributed by atoms with Crippen LogP contribution in [0, 0.1) is 6.92 Å². The average molecular weight is 403 g/mol. The van der Waals surface area contributed by atoms with Crippen LogP contribution in [-0.4, -0.2) is 26.4 Å². The van der Waals surface area contributed by atoms with Crippen LogP contribution in [0.15, 0.2) is 53.7 Å². The Labute approximate surface area is 166 Å². The smallest absolute Gasteiger partial charge is 0.227 e. The quantitative estimate of drug-likeness (QED) is 0.583. The Hall–Kier alpha value is -2.51. The maximum absolute atomic E-state index is 11.1. The minimum atomic E-state index is -0.399. The van der Waals surface area contributed by atoms with Crippen molar-refractivity contribution < 1.29 is 9.53 Å². The predicted octanol–water partition coefficient (Wildman–Crippen LogP) is 3.44. The summed E-state index contributed by atoms with van der Waals surface area (Å²) in [7, 11) is 0. The van der Waals surface area contributed by atoms with E-state index in [0.717, 1.165) is 11.1 Å². The largest absolute Gasteiger partial charge is 0.486 e.